The quantitative estimate of drug-likeness (QED) is 0.364. The van der Waals surface area contributed by atoms with Crippen LogP contribution in [0.4, 0.5) is 0 Å². The molecule has 168 valence electrons. The number of ether oxygens (including phenoxy) is 2. The smallest absolute Gasteiger partial charge is 0.275 e. The molecular weight excluding hydrogens is 380 g/mol. The molecule has 1 aromatic rings. The van der Waals surface area contributed by atoms with E-state index in [1.54, 1.807) is 12.0 Å². The van der Waals surface area contributed by atoms with E-state index in [1.807, 2.05) is 0 Å². The van der Waals surface area contributed by atoms with E-state index >= 15 is 0 Å². The molecule has 0 bridgehead atoms. The van der Waals surface area contributed by atoms with Gasteiger partial charge in [0.2, 0.25) is 0 Å². The van der Waals surface area contributed by atoms with E-state index in [2.05, 4.69) is 44.3 Å². The zero-order valence-corrected chi connectivity index (χ0v) is 19.2. The molecule has 2 saturated heterocycles. The van der Waals surface area contributed by atoms with Gasteiger partial charge < -0.3 is 29.5 Å². The van der Waals surface area contributed by atoms with Crippen molar-refractivity contribution in [1.82, 2.24) is 5.32 Å². The van der Waals surface area contributed by atoms with Crippen molar-refractivity contribution in [2.24, 2.45) is 0 Å². The zero-order valence-electron chi connectivity index (χ0n) is 19.2. The Bertz CT molecular complexity index is 696. The van der Waals surface area contributed by atoms with Crippen molar-refractivity contribution in [3.05, 3.63) is 29.3 Å². The Hall–Kier alpha value is -1.67. The summed E-state index contributed by atoms with van der Waals surface area (Å²) >= 11 is 0. The molecule has 0 aromatic heterocycles. The van der Waals surface area contributed by atoms with Gasteiger partial charge in [-0.1, -0.05) is 11.6 Å². The minimum Gasteiger partial charge on any atom is -0.496 e. The number of quaternary nitrogens is 3. The lowest BCUT2D eigenvalue weighted by molar-refractivity contribution is -1.02. The first-order valence-corrected chi connectivity index (χ1v) is 11.4. The molecule has 0 spiro atoms. The second kappa shape index (κ2) is 10.6. The first-order valence-electron chi connectivity index (χ1n) is 11.4. The largest absolute Gasteiger partial charge is 0.496 e. The Morgan fingerprint density at radius 1 is 1.10 bits per heavy atom. The summed E-state index contributed by atoms with van der Waals surface area (Å²) in [5, 5.41) is 3.20. The molecule has 0 atom stereocenters. The number of methoxy groups -OCH3 is 1. The summed E-state index contributed by atoms with van der Waals surface area (Å²) in [7, 11) is 1.74. The minimum atomic E-state index is 0.0461. The van der Waals surface area contributed by atoms with Crippen LogP contribution < -0.4 is 24.8 Å². The van der Waals surface area contributed by atoms with Crippen LogP contribution in [0.15, 0.2) is 18.2 Å². The third-order valence-corrected chi connectivity index (χ3v) is 6.73. The molecule has 1 amide bonds. The number of morpholine rings is 1. The fourth-order valence-corrected chi connectivity index (χ4v) is 4.65. The van der Waals surface area contributed by atoms with Crippen LogP contribution in [0.3, 0.4) is 0 Å². The van der Waals surface area contributed by atoms with Gasteiger partial charge in [0.15, 0.2) is 6.54 Å². The third kappa shape index (κ3) is 6.41. The summed E-state index contributed by atoms with van der Waals surface area (Å²) < 4.78 is 11.0. The van der Waals surface area contributed by atoms with Crippen LogP contribution >= 0.6 is 0 Å². The summed E-state index contributed by atoms with van der Waals surface area (Å²) in [4.78, 5) is 17.0. The van der Waals surface area contributed by atoms with Gasteiger partial charge in [-0.25, -0.2) is 0 Å². The Morgan fingerprint density at radius 2 is 1.77 bits per heavy atom. The molecule has 2 aliphatic rings. The molecule has 7 heteroatoms. The van der Waals surface area contributed by atoms with Gasteiger partial charge in [-0.2, -0.15) is 0 Å². The Morgan fingerprint density at radius 3 is 2.43 bits per heavy atom. The lowest BCUT2D eigenvalue weighted by atomic mass is 10.0. The summed E-state index contributed by atoms with van der Waals surface area (Å²) in [5.41, 5.74) is 2.60. The third-order valence-electron chi connectivity index (χ3n) is 6.73. The van der Waals surface area contributed by atoms with E-state index in [9.17, 15) is 4.79 Å². The van der Waals surface area contributed by atoms with Crippen molar-refractivity contribution in [2.75, 3.05) is 72.7 Å². The van der Waals surface area contributed by atoms with Crippen molar-refractivity contribution < 1.29 is 29.0 Å². The molecule has 0 radical (unpaired) electrons. The molecule has 2 heterocycles. The van der Waals surface area contributed by atoms with Gasteiger partial charge in [-0.05, 0) is 32.9 Å². The van der Waals surface area contributed by atoms with E-state index in [0.717, 1.165) is 71.3 Å². The topological polar surface area (TPSA) is 60.9 Å². The maximum Gasteiger partial charge on any atom is 0.275 e. The maximum absolute atomic E-state index is 12.5. The van der Waals surface area contributed by atoms with Crippen LogP contribution in [0.5, 0.6) is 5.75 Å². The van der Waals surface area contributed by atoms with Gasteiger partial charge in [0.1, 0.15) is 57.1 Å². The van der Waals surface area contributed by atoms with Gasteiger partial charge in [-0.15, -0.1) is 0 Å². The van der Waals surface area contributed by atoms with Crippen LogP contribution in [0.25, 0.3) is 0 Å². The first kappa shape index (κ1) is 23.0. The average molecular weight is 422 g/mol. The molecule has 2 fully saturated rings. The molecule has 3 rings (SSSR count). The highest BCUT2D eigenvalue weighted by Crippen LogP contribution is 2.18. The molecule has 30 heavy (non-hydrogen) atoms. The highest BCUT2D eigenvalue weighted by Gasteiger charge is 2.33. The second-order valence-corrected chi connectivity index (χ2v) is 9.55. The highest BCUT2D eigenvalue weighted by atomic mass is 16.5. The normalized spacial score (nSPS) is 23.2. The van der Waals surface area contributed by atoms with Gasteiger partial charge in [-0.3, -0.25) is 4.79 Å². The second-order valence-electron chi connectivity index (χ2n) is 9.55. The van der Waals surface area contributed by atoms with Crippen LogP contribution in [0, 0.1) is 6.92 Å². The molecule has 2 aliphatic heterocycles. The number of hydrogen-bond donors (Lipinski definition) is 4. The lowest BCUT2D eigenvalue weighted by Crippen LogP contribution is -3.28. The van der Waals surface area contributed by atoms with Crippen molar-refractivity contribution in [2.45, 2.75) is 32.9 Å². The summed E-state index contributed by atoms with van der Waals surface area (Å²) in [6.45, 7) is 16.8. The van der Waals surface area contributed by atoms with Crippen LogP contribution in [-0.2, 0) is 16.1 Å². The number of carbonyl (C=O) groups excluding carboxylic acids is 1. The van der Waals surface area contributed by atoms with Crippen LogP contribution in [-0.4, -0.2) is 84.1 Å². The molecule has 0 aliphatic carbocycles. The fourth-order valence-electron chi connectivity index (χ4n) is 4.65. The van der Waals surface area contributed by atoms with E-state index in [4.69, 9.17) is 9.47 Å². The lowest BCUT2D eigenvalue weighted by Gasteiger charge is -2.37. The monoisotopic (exact) mass is 421 g/mol. The van der Waals surface area contributed by atoms with Gasteiger partial charge >= 0.3 is 0 Å². The number of carbonyl (C=O) groups is 1. The Kier molecular flexibility index (Phi) is 8.11. The van der Waals surface area contributed by atoms with E-state index in [-0.39, 0.29) is 11.4 Å². The van der Waals surface area contributed by atoms with Gasteiger partial charge in [0, 0.05) is 5.56 Å². The minimum absolute atomic E-state index is 0.0461. The summed E-state index contributed by atoms with van der Waals surface area (Å²) in [6, 6.07) is 6.40. The molecule has 4 N–H and O–H groups in total. The summed E-state index contributed by atoms with van der Waals surface area (Å²) in [5.74, 6) is 1.15. The van der Waals surface area contributed by atoms with Crippen molar-refractivity contribution in [3.63, 3.8) is 0 Å². The highest BCUT2D eigenvalue weighted by molar-refractivity contribution is 5.76. The summed E-state index contributed by atoms with van der Waals surface area (Å²) in [6.07, 6.45) is 0. The van der Waals surface area contributed by atoms with E-state index in [0.29, 0.717) is 6.54 Å². The van der Waals surface area contributed by atoms with Crippen LogP contribution in [0.2, 0.25) is 0 Å². The van der Waals surface area contributed by atoms with Crippen molar-refractivity contribution in [1.29, 1.82) is 0 Å². The van der Waals surface area contributed by atoms with Crippen molar-refractivity contribution >= 4 is 5.91 Å². The van der Waals surface area contributed by atoms with Gasteiger partial charge in [0.25, 0.3) is 5.91 Å². The standard InChI is InChI=1S/C23H38N4O3/c1-19-5-6-21(29-4)20(15-19)16-25-7-9-26(10-8-25)17-22(28)24-18-23(2,3)27-11-13-30-14-12-27/h5-6,15H,7-14,16-18H2,1-4H3,(H,24,28)/p+3. The van der Waals surface area contributed by atoms with E-state index in [1.165, 1.54) is 20.9 Å². The molecule has 7 nitrogen and oxygen atoms in total. The number of hydrogen-bond acceptors (Lipinski definition) is 3. The number of aryl methyl sites for hydroxylation is 1. The maximum atomic E-state index is 12.5. The number of amides is 1. The first-order chi connectivity index (χ1) is 14.4. The Balaban J connectivity index is 1.40. The number of nitrogens with one attached hydrogen (secondary N) is 4. The van der Waals surface area contributed by atoms with Crippen molar-refractivity contribution in [3.8, 4) is 5.75 Å². The van der Waals surface area contributed by atoms with E-state index < -0.39 is 0 Å². The average Bonchev–Trinajstić information content (AvgIpc) is 2.75. The molecule has 0 unspecified atom stereocenters. The number of piperazine rings is 1. The molecule has 0 saturated carbocycles. The number of rotatable bonds is 8. The SMILES string of the molecule is COc1ccc(C)cc1C[NH+]1CC[NH+](CC(=O)NCC(C)(C)[NH+]2CCOCC2)CC1. The number of benzene rings is 1. The predicted molar refractivity (Wildman–Crippen MR) is 116 cm³/mol. The Labute approximate surface area is 181 Å². The zero-order chi connectivity index (χ0) is 21.6. The molecular formula is C23H41N4O3+3. The predicted octanol–water partition coefficient (Wildman–Crippen LogP) is -2.90. The van der Waals surface area contributed by atoms with Crippen LogP contribution in [0.1, 0.15) is 25.0 Å². The fraction of sp³-hybridized carbons (Fsp3) is 0.696. The van der Waals surface area contributed by atoms with Gasteiger partial charge in [0.05, 0.1) is 26.9 Å². The molecule has 1 aromatic carbocycles.